The molecule has 1 unspecified atom stereocenters. The number of fused-ring (bicyclic) bond motifs is 1. The molecule has 168 valence electrons. The van der Waals surface area contributed by atoms with Gasteiger partial charge in [0.05, 0.1) is 17.7 Å². The predicted molar refractivity (Wildman–Crippen MR) is 122 cm³/mol. The summed E-state index contributed by atoms with van der Waals surface area (Å²) in [4.78, 5) is 47.4. The summed E-state index contributed by atoms with van der Waals surface area (Å²) in [6.45, 7) is 1.80. The van der Waals surface area contributed by atoms with Crippen LogP contribution in [0.25, 0.3) is 0 Å². The summed E-state index contributed by atoms with van der Waals surface area (Å²) in [6, 6.07) is 14.0. The molecule has 0 bridgehead atoms. The van der Waals surface area contributed by atoms with Crippen molar-refractivity contribution in [2.45, 2.75) is 19.4 Å². The lowest BCUT2D eigenvalue weighted by molar-refractivity contribution is -0.147. The highest BCUT2D eigenvalue weighted by atomic mass is 35.5. The molecule has 2 aromatic carbocycles. The van der Waals surface area contributed by atoms with Crippen molar-refractivity contribution in [2.24, 2.45) is 0 Å². The first-order valence-electron chi connectivity index (χ1n) is 10.2. The third-order valence-electron chi connectivity index (χ3n) is 5.06. The van der Waals surface area contributed by atoms with Gasteiger partial charge in [-0.15, -0.1) is 0 Å². The number of nitrogen functional groups attached to an aromatic ring is 1. The van der Waals surface area contributed by atoms with Gasteiger partial charge in [-0.2, -0.15) is 4.98 Å². The maximum atomic E-state index is 12.9. The number of nitrogens with zero attached hydrogens (tertiary/aromatic N) is 3. The molecule has 33 heavy (non-hydrogen) atoms. The van der Waals surface area contributed by atoms with Crippen molar-refractivity contribution in [1.29, 1.82) is 0 Å². The van der Waals surface area contributed by atoms with E-state index in [0.717, 1.165) is 10.5 Å². The van der Waals surface area contributed by atoms with Crippen LogP contribution in [0.2, 0.25) is 5.15 Å². The number of rotatable bonds is 7. The summed E-state index contributed by atoms with van der Waals surface area (Å²) in [5.41, 5.74) is 7.59. The number of nitrogens with two attached hydrogens (primary N) is 1. The van der Waals surface area contributed by atoms with Gasteiger partial charge in [0.15, 0.2) is 0 Å². The van der Waals surface area contributed by atoms with E-state index in [1.165, 1.54) is 6.07 Å². The molecule has 0 fully saturated rings. The van der Waals surface area contributed by atoms with Crippen LogP contribution < -0.4 is 11.1 Å². The lowest BCUT2D eigenvalue weighted by Crippen LogP contribution is -2.47. The maximum Gasteiger partial charge on any atom is 0.329 e. The number of nitrogens with one attached hydrogen (secondary N) is 1. The second-order valence-corrected chi connectivity index (χ2v) is 7.64. The molecule has 0 aliphatic carbocycles. The molecule has 0 spiro atoms. The van der Waals surface area contributed by atoms with E-state index in [9.17, 15) is 14.4 Å². The van der Waals surface area contributed by atoms with E-state index in [0.29, 0.717) is 11.5 Å². The van der Waals surface area contributed by atoms with E-state index in [4.69, 9.17) is 22.1 Å². The van der Waals surface area contributed by atoms with Crippen molar-refractivity contribution >= 4 is 46.8 Å². The van der Waals surface area contributed by atoms with E-state index in [1.54, 1.807) is 55.5 Å². The number of hydrogen-bond acceptors (Lipinski definition) is 8. The fourth-order valence-electron chi connectivity index (χ4n) is 3.60. The Balaban J connectivity index is 1.55. The first-order valence-corrected chi connectivity index (χ1v) is 10.5. The lowest BCUT2D eigenvalue weighted by atomic mass is 10.0. The van der Waals surface area contributed by atoms with Crippen molar-refractivity contribution in [3.8, 4) is 0 Å². The Labute approximate surface area is 194 Å². The van der Waals surface area contributed by atoms with Gasteiger partial charge in [0, 0.05) is 18.2 Å². The van der Waals surface area contributed by atoms with Crippen LogP contribution in [0, 0.1) is 0 Å². The summed E-state index contributed by atoms with van der Waals surface area (Å²) in [5.74, 6) is -1.19. The molecule has 10 heteroatoms. The lowest BCUT2D eigenvalue weighted by Gasteiger charge is -2.24. The fourth-order valence-corrected chi connectivity index (χ4v) is 3.79. The molecule has 0 saturated carbocycles. The molecular weight excluding hydrogens is 446 g/mol. The first-order chi connectivity index (χ1) is 15.9. The molecule has 0 saturated heterocycles. The van der Waals surface area contributed by atoms with Crippen LogP contribution in [0.15, 0.2) is 54.6 Å². The number of amides is 2. The molecule has 1 aliphatic rings. The van der Waals surface area contributed by atoms with Gasteiger partial charge in [-0.25, -0.2) is 9.78 Å². The Morgan fingerprint density at radius 3 is 2.30 bits per heavy atom. The van der Waals surface area contributed by atoms with Crippen LogP contribution in [0.3, 0.4) is 0 Å². The van der Waals surface area contributed by atoms with Gasteiger partial charge in [-0.1, -0.05) is 35.9 Å². The molecule has 3 aromatic rings. The topological polar surface area (TPSA) is 128 Å². The first kappa shape index (κ1) is 22.2. The Morgan fingerprint density at radius 2 is 1.73 bits per heavy atom. The molecule has 0 radical (unpaired) electrons. The average Bonchev–Trinajstić information content (AvgIpc) is 3.03. The van der Waals surface area contributed by atoms with Gasteiger partial charge in [-0.3, -0.25) is 14.5 Å². The van der Waals surface area contributed by atoms with Crippen molar-refractivity contribution in [1.82, 2.24) is 14.9 Å². The number of aromatic nitrogens is 2. The van der Waals surface area contributed by atoms with Gasteiger partial charge in [0.2, 0.25) is 5.95 Å². The summed E-state index contributed by atoms with van der Waals surface area (Å²) in [5, 5.41) is 3.27. The maximum absolute atomic E-state index is 12.9. The largest absolute Gasteiger partial charge is 0.464 e. The minimum atomic E-state index is -1.09. The van der Waals surface area contributed by atoms with Crippen LogP contribution in [-0.2, 0) is 16.0 Å². The highest BCUT2D eigenvalue weighted by Crippen LogP contribution is 2.27. The SMILES string of the molecule is CCOC(=O)C(Cc1ccc(Nc2cc(Cl)nc(N)n2)cc1)N1C(=O)c2ccccc2C1=O. The number of imide groups is 1. The normalized spacial score (nSPS) is 13.6. The Morgan fingerprint density at radius 1 is 1.09 bits per heavy atom. The zero-order chi connectivity index (χ0) is 23.5. The van der Waals surface area contributed by atoms with Crippen LogP contribution >= 0.6 is 11.6 Å². The van der Waals surface area contributed by atoms with Crippen molar-refractivity contribution in [2.75, 3.05) is 17.7 Å². The second kappa shape index (κ2) is 9.25. The summed E-state index contributed by atoms with van der Waals surface area (Å²) < 4.78 is 5.17. The Kier molecular flexibility index (Phi) is 6.23. The molecule has 3 N–H and O–H groups in total. The summed E-state index contributed by atoms with van der Waals surface area (Å²) in [7, 11) is 0. The molecule has 1 atom stereocenters. The average molecular weight is 466 g/mol. The standard InChI is InChI=1S/C23H20ClN5O4/c1-2-33-22(32)17(29-20(30)15-5-3-4-6-16(15)21(29)31)11-13-7-9-14(10-8-13)26-19-12-18(24)27-23(25)28-19/h3-10,12,17H,2,11H2,1H3,(H3,25,26,27,28). The third-order valence-corrected chi connectivity index (χ3v) is 5.26. The van der Waals surface area contributed by atoms with Gasteiger partial charge >= 0.3 is 5.97 Å². The smallest absolute Gasteiger partial charge is 0.329 e. The minimum Gasteiger partial charge on any atom is -0.464 e. The molecular formula is C23H20ClN5O4. The molecule has 2 amide bonds. The zero-order valence-electron chi connectivity index (χ0n) is 17.6. The fraction of sp³-hybridized carbons (Fsp3) is 0.174. The number of hydrogen-bond donors (Lipinski definition) is 2. The Hall–Kier alpha value is -3.98. The molecule has 9 nitrogen and oxygen atoms in total. The van der Waals surface area contributed by atoms with Gasteiger partial charge in [0.25, 0.3) is 11.8 Å². The number of benzene rings is 2. The number of halogens is 1. The molecule has 4 rings (SSSR count). The number of anilines is 3. The van der Waals surface area contributed by atoms with Crippen LogP contribution in [0.4, 0.5) is 17.5 Å². The summed E-state index contributed by atoms with van der Waals surface area (Å²) >= 11 is 5.90. The van der Waals surface area contributed by atoms with Crippen molar-refractivity contribution in [3.63, 3.8) is 0 Å². The second-order valence-electron chi connectivity index (χ2n) is 7.25. The number of ether oxygens (including phenoxy) is 1. The predicted octanol–water partition coefficient (Wildman–Crippen LogP) is 3.23. The molecule has 1 aromatic heterocycles. The van der Waals surface area contributed by atoms with E-state index >= 15 is 0 Å². The summed E-state index contributed by atoms with van der Waals surface area (Å²) in [6.07, 6.45) is 0.108. The number of carbonyl (C=O) groups excluding carboxylic acids is 3. The zero-order valence-corrected chi connectivity index (χ0v) is 18.4. The monoisotopic (exact) mass is 465 g/mol. The van der Waals surface area contributed by atoms with Gasteiger partial charge in [0.1, 0.15) is 17.0 Å². The third kappa shape index (κ3) is 4.63. The molecule has 1 aliphatic heterocycles. The van der Waals surface area contributed by atoms with E-state index in [-0.39, 0.29) is 35.3 Å². The van der Waals surface area contributed by atoms with E-state index < -0.39 is 23.8 Å². The van der Waals surface area contributed by atoms with Crippen molar-refractivity contribution in [3.05, 3.63) is 76.4 Å². The van der Waals surface area contributed by atoms with Crippen LogP contribution in [0.5, 0.6) is 0 Å². The number of esters is 1. The van der Waals surface area contributed by atoms with E-state index in [1.807, 2.05) is 0 Å². The van der Waals surface area contributed by atoms with Crippen LogP contribution in [-0.4, -0.2) is 45.3 Å². The highest BCUT2D eigenvalue weighted by Gasteiger charge is 2.43. The van der Waals surface area contributed by atoms with E-state index in [2.05, 4.69) is 15.3 Å². The van der Waals surface area contributed by atoms with Gasteiger partial charge < -0.3 is 15.8 Å². The van der Waals surface area contributed by atoms with Gasteiger partial charge in [-0.05, 0) is 36.8 Å². The van der Waals surface area contributed by atoms with Crippen molar-refractivity contribution < 1.29 is 19.1 Å². The minimum absolute atomic E-state index is 0.0415. The number of carbonyl (C=O) groups is 3. The highest BCUT2D eigenvalue weighted by molar-refractivity contribution is 6.29. The Bertz CT molecular complexity index is 1180. The quantitative estimate of drug-likeness (QED) is 0.309. The van der Waals surface area contributed by atoms with Crippen LogP contribution in [0.1, 0.15) is 33.2 Å². The molecule has 2 heterocycles.